The van der Waals surface area contributed by atoms with Crippen molar-refractivity contribution in [3.63, 3.8) is 0 Å². The Hall–Kier alpha value is -1.46. The lowest BCUT2D eigenvalue weighted by molar-refractivity contribution is -0.135. The van der Waals surface area contributed by atoms with Gasteiger partial charge in [-0.3, -0.25) is 9.69 Å². The number of amides is 1. The maximum Gasteiger partial charge on any atom is 0.244 e. The lowest BCUT2D eigenvalue weighted by atomic mass is 10.0. The zero-order valence-electron chi connectivity index (χ0n) is 15.3. The summed E-state index contributed by atoms with van der Waals surface area (Å²) in [6.07, 6.45) is 5.17. The van der Waals surface area contributed by atoms with Gasteiger partial charge in [0.25, 0.3) is 0 Å². The van der Waals surface area contributed by atoms with Crippen LogP contribution in [0, 0.1) is 5.82 Å². The number of carbonyl (C=O) groups is 1. The van der Waals surface area contributed by atoms with Crippen LogP contribution >= 0.6 is 0 Å². The van der Waals surface area contributed by atoms with Gasteiger partial charge >= 0.3 is 0 Å². The van der Waals surface area contributed by atoms with Crippen LogP contribution in [0.3, 0.4) is 0 Å². The van der Waals surface area contributed by atoms with Crippen molar-refractivity contribution in [2.24, 2.45) is 0 Å². The number of benzene rings is 1. The molecule has 0 aromatic heterocycles. The fraction of sp³-hybridized carbons (Fsp3) is 0.632. The molecule has 4 nitrogen and oxygen atoms in total. The van der Waals surface area contributed by atoms with Gasteiger partial charge < -0.3 is 9.80 Å². The van der Waals surface area contributed by atoms with Gasteiger partial charge in [-0.25, -0.2) is 4.39 Å². The topological polar surface area (TPSA) is 26.8 Å². The molecule has 134 valence electrons. The Morgan fingerprint density at radius 3 is 2.21 bits per heavy atom. The van der Waals surface area contributed by atoms with Crippen molar-refractivity contribution in [2.45, 2.75) is 37.8 Å². The summed E-state index contributed by atoms with van der Waals surface area (Å²) in [5, 5.41) is 0. The number of halogens is 1. The number of hydrogen-bond acceptors (Lipinski definition) is 3. The second-order valence-corrected chi connectivity index (χ2v) is 7.10. The van der Waals surface area contributed by atoms with Crippen LogP contribution in [0.1, 0.15) is 37.3 Å². The molecule has 5 heteroatoms. The minimum absolute atomic E-state index is 0.0476. The van der Waals surface area contributed by atoms with Gasteiger partial charge in [0.15, 0.2) is 0 Å². The van der Waals surface area contributed by atoms with Crippen LogP contribution in [-0.2, 0) is 4.79 Å². The molecule has 0 N–H and O–H groups in total. The summed E-state index contributed by atoms with van der Waals surface area (Å²) in [4.78, 5) is 18.9. The maximum absolute atomic E-state index is 13.2. The molecule has 0 radical (unpaired) electrons. The first-order valence-electron chi connectivity index (χ1n) is 8.77. The first-order valence-corrected chi connectivity index (χ1v) is 8.77. The van der Waals surface area contributed by atoms with Gasteiger partial charge in [-0.05, 0) is 51.7 Å². The molecule has 1 aliphatic carbocycles. The van der Waals surface area contributed by atoms with E-state index < -0.39 is 0 Å². The largest absolute Gasteiger partial charge is 0.343 e. The number of hydrogen-bond donors (Lipinski definition) is 0. The molecule has 1 aromatic rings. The van der Waals surface area contributed by atoms with E-state index in [2.05, 4.69) is 11.9 Å². The van der Waals surface area contributed by atoms with Crippen molar-refractivity contribution in [1.82, 2.24) is 14.7 Å². The summed E-state index contributed by atoms with van der Waals surface area (Å²) in [5.74, 6) is -0.235. The average molecular weight is 335 g/mol. The van der Waals surface area contributed by atoms with Crippen LogP contribution in [0.4, 0.5) is 4.39 Å². The van der Waals surface area contributed by atoms with Crippen molar-refractivity contribution in [1.29, 1.82) is 0 Å². The molecule has 1 fully saturated rings. The minimum Gasteiger partial charge on any atom is -0.343 e. The fourth-order valence-corrected chi connectivity index (χ4v) is 3.46. The third-order valence-corrected chi connectivity index (χ3v) is 5.05. The molecule has 1 saturated carbocycles. The average Bonchev–Trinajstić information content (AvgIpc) is 3.08. The van der Waals surface area contributed by atoms with Crippen LogP contribution < -0.4 is 0 Å². The van der Waals surface area contributed by atoms with E-state index in [9.17, 15) is 9.18 Å². The molecular formula is C19H30FN3O. The lowest BCUT2D eigenvalue weighted by Gasteiger charge is -2.31. The van der Waals surface area contributed by atoms with Gasteiger partial charge in [0.2, 0.25) is 5.91 Å². The fourth-order valence-electron chi connectivity index (χ4n) is 3.46. The molecule has 1 aliphatic rings. The first-order chi connectivity index (χ1) is 11.4. The summed E-state index contributed by atoms with van der Waals surface area (Å²) < 4.78 is 13.2. The number of rotatable bonds is 7. The molecule has 0 aliphatic heterocycles. The molecule has 0 saturated heterocycles. The van der Waals surface area contributed by atoms with Gasteiger partial charge in [0.05, 0.1) is 0 Å². The van der Waals surface area contributed by atoms with Gasteiger partial charge in [-0.1, -0.05) is 25.0 Å². The zero-order valence-corrected chi connectivity index (χ0v) is 15.3. The highest BCUT2D eigenvalue weighted by atomic mass is 19.1. The standard InChI is InChI=1S/C19H30FN3O/c1-21(2)18(15-9-11-16(20)12-10-15)19(24)23(4)14-13-22(3)17-7-5-6-8-17/h9-12,17-18H,5-8,13-14H2,1-4H3. The SMILES string of the molecule is CN(CCN(C)C1CCCC1)C(=O)C(c1ccc(F)cc1)N(C)C. The van der Waals surface area contributed by atoms with E-state index in [1.165, 1.54) is 37.8 Å². The summed E-state index contributed by atoms with van der Waals surface area (Å²) in [6.45, 7) is 1.59. The zero-order chi connectivity index (χ0) is 17.7. The van der Waals surface area contributed by atoms with E-state index in [1.54, 1.807) is 17.0 Å². The third kappa shape index (κ3) is 4.77. The Kier molecular flexibility index (Phi) is 6.75. The molecule has 1 amide bonds. The number of likely N-dealkylation sites (N-methyl/N-ethyl adjacent to an activating group) is 3. The Labute approximate surface area is 145 Å². The second-order valence-electron chi connectivity index (χ2n) is 7.10. The predicted octanol–water partition coefficient (Wildman–Crippen LogP) is 2.76. The highest BCUT2D eigenvalue weighted by molar-refractivity contribution is 5.83. The van der Waals surface area contributed by atoms with Crippen molar-refractivity contribution >= 4 is 5.91 Å². The summed E-state index contributed by atoms with van der Waals surface area (Å²) in [7, 11) is 7.76. The normalized spacial score (nSPS) is 16.8. The highest BCUT2D eigenvalue weighted by Crippen LogP contribution is 2.23. The van der Waals surface area contributed by atoms with Crippen molar-refractivity contribution < 1.29 is 9.18 Å². The van der Waals surface area contributed by atoms with E-state index in [4.69, 9.17) is 0 Å². The number of carbonyl (C=O) groups excluding carboxylic acids is 1. The Morgan fingerprint density at radius 2 is 1.67 bits per heavy atom. The van der Waals surface area contributed by atoms with Crippen LogP contribution in [0.5, 0.6) is 0 Å². The molecule has 1 atom stereocenters. The predicted molar refractivity (Wildman–Crippen MR) is 95.4 cm³/mol. The van der Waals surface area contributed by atoms with Crippen LogP contribution in [0.25, 0.3) is 0 Å². The Bertz CT molecular complexity index is 526. The number of nitrogens with zero attached hydrogens (tertiary/aromatic N) is 3. The van der Waals surface area contributed by atoms with Crippen LogP contribution in [-0.4, -0.2) is 67.9 Å². The molecule has 0 heterocycles. The molecule has 24 heavy (non-hydrogen) atoms. The maximum atomic E-state index is 13.2. The van der Waals surface area contributed by atoms with Crippen LogP contribution in [0.2, 0.25) is 0 Å². The molecule has 2 rings (SSSR count). The van der Waals surface area contributed by atoms with Gasteiger partial charge in [0.1, 0.15) is 11.9 Å². The van der Waals surface area contributed by atoms with Gasteiger partial charge in [0, 0.05) is 26.2 Å². The monoisotopic (exact) mass is 335 g/mol. The van der Waals surface area contributed by atoms with Gasteiger partial charge in [-0.15, -0.1) is 0 Å². The Morgan fingerprint density at radius 1 is 1.08 bits per heavy atom. The third-order valence-electron chi connectivity index (χ3n) is 5.05. The Balaban J connectivity index is 1.96. The smallest absolute Gasteiger partial charge is 0.244 e. The van der Waals surface area contributed by atoms with Crippen molar-refractivity contribution in [3.8, 4) is 0 Å². The minimum atomic E-state index is -0.382. The van der Waals surface area contributed by atoms with Crippen molar-refractivity contribution in [2.75, 3.05) is 41.3 Å². The van der Waals surface area contributed by atoms with E-state index in [-0.39, 0.29) is 17.8 Å². The van der Waals surface area contributed by atoms with E-state index in [0.29, 0.717) is 12.6 Å². The molecule has 0 bridgehead atoms. The van der Waals surface area contributed by atoms with E-state index in [1.807, 2.05) is 26.0 Å². The first kappa shape index (κ1) is 18.9. The second kappa shape index (κ2) is 8.58. The molecule has 1 unspecified atom stereocenters. The van der Waals surface area contributed by atoms with Crippen LogP contribution in [0.15, 0.2) is 24.3 Å². The highest BCUT2D eigenvalue weighted by Gasteiger charge is 2.27. The summed E-state index contributed by atoms with van der Waals surface area (Å²) >= 11 is 0. The van der Waals surface area contributed by atoms with Crippen molar-refractivity contribution in [3.05, 3.63) is 35.6 Å². The molecular weight excluding hydrogens is 305 g/mol. The van der Waals surface area contributed by atoms with Gasteiger partial charge in [-0.2, -0.15) is 0 Å². The van der Waals surface area contributed by atoms with E-state index >= 15 is 0 Å². The summed E-state index contributed by atoms with van der Waals surface area (Å²) in [5.41, 5.74) is 0.822. The van der Waals surface area contributed by atoms with E-state index in [0.717, 1.165) is 12.1 Å². The molecule has 1 aromatic carbocycles. The summed E-state index contributed by atoms with van der Waals surface area (Å²) in [6, 6.07) is 6.48. The lowest BCUT2D eigenvalue weighted by Crippen LogP contribution is -2.42. The quantitative estimate of drug-likeness (QED) is 0.767. The molecule has 0 spiro atoms.